The van der Waals surface area contributed by atoms with Gasteiger partial charge in [0.1, 0.15) is 11.2 Å². The van der Waals surface area contributed by atoms with Crippen LogP contribution in [0.3, 0.4) is 0 Å². The summed E-state index contributed by atoms with van der Waals surface area (Å²) in [7, 11) is 0. The van der Waals surface area contributed by atoms with E-state index in [2.05, 4.69) is 20.3 Å². The topological polar surface area (TPSA) is 117 Å². The summed E-state index contributed by atoms with van der Waals surface area (Å²) in [6.45, 7) is 2.86. The van der Waals surface area contributed by atoms with Gasteiger partial charge in [-0.1, -0.05) is 0 Å². The largest absolute Gasteiger partial charge is 0.368 e. The molecule has 0 saturated heterocycles. The third-order valence-electron chi connectivity index (χ3n) is 4.50. The Morgan fingerprint density at radius 3 is 3.12 bits per heavy atom. The Labute approximate surface area is 151 Å². The molecule has 0 aromatic carbocycles. The molecule has 3 N–H and O–H groups in total. The monoisotopic (exact) mass is 372 g/mol. The molecule has 4 rings (SSSR count). The summed E-state index contributed by atoms with van der Waals surface area (Å²) in [6.07, 6.45) is 2.21. The number of carbonyl (C=O) groups excluding carboxylic acids is 1. The molecule has 26 heavy (non-hydrogen) atoms. The SMILES string of the molecule is CC1(CNC(=O)c2cnc3[nH]c(=O)[nH]c(=O)c3c2)OCCc2sccc21. The van der Waals surface area contributed by atoms with Crippen LogP contribution in [-0.2, 0) is 16.8 Å². The number of carbonyl (C=O) groups is 1. The van der Waals surface area contributed by atoms with Gasteiger partial charge >= 0.3 is 5.69 Å². The van der Waals surface area contributed by atoms with Crippen LogP contribution in [0.4, 0.5) is 0 Å². The number of H-pyrrole nitrogens is 2. The molecule has 0 saturated carbocycles. The lowest BCUT2D eigenvalue weighted by molar-refractivity contribution is -0.0425. The second-order valence-corrected chi connectivity index (χ2v) is 7.30. The fraction of sp³-hybridized carbons (Fsp3) is 0.294. The van der Waals surface area contributed by atoms with Gasteiger partial charge in [0.2, 0.25) is 0 Å². The van der Waals surface area contributed by atoms with E-state index in [0.29, 0.717) is 13.2 Å². The molecule has 1 atom stereocenters. The van der Waals surface area contributed by atoms with Crippen molar-refractivity contribution in [2.75, 3.05) is 13.2 Å². The standard InChI is InChI=1S/C17H16N4O4S/c1-17(11-3-5-26-12(11)2-4-25-17)8-19-14(22)9-6-10-13(18-7-9)20-16(24)21-15(10)23/h3,5-7H,2,4,8H2,1H3,(H,19,22)(H2,18,20,21,23,24). The van der Waals surface area contributed by atoms with Crippen molar-refractivity contribution in [3.8, 4) is 0 Å². The van der Waals surface area contributed by atoms with Crippen LogP contribution in [-0.4, -0.2) is 34.0 Å². The highest BCUT2D eigenvalue weighted by Crippen LogP contribution is 2.35. The number of fused-ring (bicyclic) bond motifs is 2. The van der Waals surface area contributed by atoms with Crippen molar-refractivity contribution in [2.24, 2.45) is 0 Å². The smallest absolute Gasteiger partial charge is 0.327 e. The van der Waals surface area contributed by atoms with E-state index in [9.17, 15) is 14.4 Å². The Morgan fingerprint density at radius 2 is 2.27 bits per heavy atom. The minimum atomic E-state index is -0.638. The zero-order valence-corrected chi connectivity index (χ0v) is 14.7. The molecule has 0 fully saturated rings. The summed E-state index contributed by atoms with van der Waals surface area (Å²) >= 11 is 1.69. The van der Waals surface area contributed by atoms with Crippen molar-refractivity contribution < 1.29 is 9.53 Å². The Kier molecular flexibility index (Phi) is 3.97. The molecule has 134 valence electrons. The second kappa shape index (κ2) is 6.19. The summed E-state index contributed by atoms with van der Waals surface area (Å²) in [6, 6.07) is 3.44. The third-order valence-corrected chi connectivity index (χ3v) is 5.49. The van der Waals surface area contributed by atoms with Gasteiger partial charge in [-0.15, -0.1) is 11.3 Å². The first-order valence-corrected chi connectivity index (χ1v) is 8.96. The van der Waals surface area contributed by atoms with Crippen molar-refractivity contribution in [3.63, 3.8) is 0 Å². The lowest BCUT2D eigenvalue weighted by atomic mass is 9.93. The number of rotatable bonds is 3. The number of thiophene rings is 1. The zero-order valence-electron chi connectivity index (χ0n) is 13.9. The molecule has 4 heterocycles. The van der Waals surface area contributed by atoms with E-state index < -0.39 is 16.9 Å². The average Bonchev–Trinajstić information content (AvgIpc) is 3.10. The van der Waals surface area contributed by atoms with Crippen molar-refractivity contribution in [3.05, 3.63) is 60.6 Å². The van der Waals surface area contributed by atoms with E-state index in [-0.39, 0.29) is 22.5 Å². The Hall–Kier alpha value is -2.78. The average molecular weight is 372 g/mol. The first-order valence-electron chi connectivity index (χ1n) is 8.08. The van der Waals surface area contributed by atoms with Crippen LogP contribution in [0.2, 0.25) is 0 Å². The number of ether oxygens (including phenoxy) is 1. The summed E-state index contributed by atoms with van der Waals surface area (Å²) < 4.78 is 5.92. The number of nitrogens with zero attached hydrogens (tertiary/aromatic N) is 1. The molecule has 0 aliphatic carbocycles. The molecule has 1 aliphatic rings. The van der Waals surface area contributed by atoms with Gasteiger partial charge in [0.25, 0.3) is 11.5 Å². The van der Waals surface area contributed by atoms with Gasteiger partial charge in [0, 0.05) is 17.5 Å². The van der Waals surface area contributed by atoms with E-state index in [1.165, 1.54) is 17.1 Å². The van der Waals surface area contributed by atoms with Crippen molar-refractivity contribution in [2.45, 2.75) is 18.9 Å². The Morgan fingerprint density at radius 1 is 1.42 bits per heavy atom. The Balaban J connectivity index is 1.57. The van der Waals surface area contributed by atoms with Crippen LogP contribution in [0.1, 0.15) is 27.7 Å². The van der Waals surface area contributed by atoms with E-state index in [1.54, 1.807) is 11.3 Å². The van der Waals surface area contributed by atoms with Crippen molar-refractivity contribution in [1.82, 2.24) is 20.3 Å². The number of hydrogen-bond donors (Lipinski definition) is 3. The first kappa shape index (κ1) is 16.7. The second-order valence-electron chi connectivity index (χ2n) is 6.30. The zero-order chi connectivity index (χ0) is 18.3. The minimum Gasteiger partial charge on any atom is -0.368 e. The quantitative estimate of drug-likeness (QED) is 0.631. The third kappa shape index (κ3) is 2.85. The van der Waals surface area contributed by atoms with E-state index >= 15 is 0 Å². The number of amides is 1. The van der Waals surface area contributed by atoms with Gasteiger partial charge in [0.15, 0.2) is 0 Å². The highest BCUT2D eigenvalue weighted by molar-refractivity contribution is 7.10. The van der Waals surface area contributed by atoms with Gasteiger partial charge in [0.05, 0.1) is 24.1 Å². The van der Waals surface area contributed by atoms with E-state index in [4.69, 9.17) is 4.74 Å². The summed E-state index contributed by atoms with van der Waals surface area (Å²) in [4.78, 5) is 45.5. The molecule has 3 aromatic rings. The lowest BCUT2D eigenvalue weighted by Gasteiger charge is -2.34. The van der Waals surface area contributed by atoms with Crippen LogP contribution in [0.5, 0.6) is 0 Å². The highest BCUT2D eigenvalue weighted by atomic mass is 32.1. The maximum absolute atomic E-state index is 12.5. The number of pyridine rings is 1. The summed E-state index contributed by atoms with van der Waals surface area (Å²) in [5.41, 5.74) is -0.339. The molecule has 0 bridgehead atoms. The van der Waals surface area contributed by atoms with E-state index in [0.717, 1.165) is 12.0 Å². The molecular weight excluding hydrogens is 356 g/mol. The lowest BCUT2D eigenvalue weighted by Crippen LogP contribution is -2.43. The predicted octanol–water partition coefficient (Wildman–Crippen LogP) is 0.891. The number of aromatic amines is 2. The van der Waals surface area contributed by atoms with Gasteiger partial charge in [-0.25, -0.2) is 9.78 Å². The van der Waals surface area contributed by atoms with Gasteiger partial charge in [-0.05, 0) is 30.0 Å². The van der Waals surface area contributed by atoms with Crippen LogP contribution in [0.25, 0.3) is 11.0 Å². The molecule has 9 heteroatoms. The highest BCUT2D eigenvalue weighted by Gasteiger charge is 2.34. The molecule has 8 nitrogen and oxygen atoms in total. The fourth-order valence-corrected chi connectivity index (χ4v) is 4.10. The number of nitrogens with one attached hydrogen (secondary N) is 3. The normalized spacial score (nSPS) is 19.3. The number of aromatic nitrogens is 3. The van der Waals surface area contributed by atoms with Crippen molar-refractivity contribution >= 4 is 28.3 Å². The number of hydrogen-bond acceptors (Lipinski definition) is 6. The molecule has 1 unspecified atom stereocenters. The molecule has 1 aliphatic heterocycles. The first-order chi connectivity index (χ1) is 12.5. The summed E-state index contributed by atoms with van der Waals surface area (Å²) in [5.74, 6) is -0.364. The maximum atomic E-state index is 12.5. The summed E-state index contributed by atoms with van der Waals surface area (Å²) in [5, 5.41) is 5.03. The molecule has 1 amide bonds. The fourth-order valence-electron chi connectivity index (χ4n) is 3.12. The van der Waals surface area contributed by atoms with Gasteiger partial charge in [-0.3, -0.25) is 19.6 Å². The minimum absolute atomic E-state index is 0.140. The Bertz CT molecular complexity index is 1120. The molecule has 0 spiro atoms. The van der Waals surface area contributed by atoms with Crippen LogP contribution >= 0.6 is 11.3 Å². The predicted molar refractivity (Wildman–Crippen MR) is 96.6 cm³/mol. The molecule has 0 radical (unpaired) electrons. The van der Waals surface area contributed by atoms with Gasteiger partial charge < -0.3 is 10.1 Å². The van der Waals surface area contributed by atoms with Crippen LogP contribution in [0.15, 0.2) is 33.3 Å². The molecular formula is C17H16N4O4S. The van der Waals surface area contributed by atoms with Crippen LogP contribution in [0, 0.1) is 0 Å². The van der Waals surface area contributed by atoms with Crippen molar-refractivity contribution in [1.29, 1.82) is 0 Å². The van der Waals surface area contributed by atoms with E-state index in [1.807, 2.05) is 18.4 Å². The maximum Gasteiger partial charge on any atom is 0.327 e. The molecule has 3 aromatic heterocycles. The van der Waals surface area contributed by atoms with Gasteiger partial charge in [-0.2, -0.15) is 0 Å². The van der Waals surface area contributed by atoms with Crippen LogP contribution < -0.4 is 16.6 Å².